The van der Waals surface area contributed by atoms with Crippen molar-refractivity contribution in [2.24, 2.45) is 11.8 Å². The summed E-state index contributed by atoms with van der Waals surface area (Å²) in [5, 5.41) is 6.20. The lowest BCUT2D eigenvalue weighted by molar-refractivity contribution is -0.120. The molecule has 2 aromatic carbocycles. The van der Waals surface area contributed by atoms with Crippen LogP contribution in [-0.2, 0) is 11.2 Å². The fourth-order valence-corrected chi connectivity index (χ4v) is 4.62. The molecular weight excluding hydrogens is 428 g/mol. The van der Waals surface area contributed by atoms with Gasteiger partial charge in [0.2, 0.25) is 5.91 Å². The normalized spacial score (nSPS) is 15.2. The molecule has 1 atom stereocenters. The maximum atomic E-state index is 12.7. The molecule has 0 heterocycles. The van der Waals surface area contributed by atoms with E-state index in [1.165, 1.54) is 37.7 Å². The first-order valence-electron chi connectivity index (χ1n) is 12.3. The van der Waals surface area contributed by atoms with Gasteiger partial charge in [-0.1, -0.05) is 70.2 Å². The van der Waals surface area contributed by atoms with Crippen LogP contribution >= 0.6 is 12.2 Å². The fourth-order valence-electron chi connectivity index (χ4n) is 4.40. The lowest BCUT2D eigenvalue weighted by atomic mass is 9.87. The van der Waals surface area contributed by atoms with E-state index in [4.69, 9.17) is 17.0 Å². The van der Waals surface area contributed by atoms with Crippen molar-refractivity contribution in [3.63, 3.8) is 0 Å². The summed E-state index contributed by atoms with van der Waals surface area (Å²) in [5.74, 6) is 1.90. The summed E-state index contributed by atoms with van der Waals surface area (Å²) >= 11 is 5.35. The molecule has 0 radical (unpaired) electrons. The van der Waals surface area contributed by atoms with E-state index in [9.17, 15) is 4.79 Å². The van der Waals surface area contributed by atoms with E-state index in [0.717, 1.165) is 42.4 Å². The van der Waals surface area contributed by atoms with E-state index >= 15 is 0 Å². The summed E-state index contributed by atoms with van der Waals surface area (Å²) in [7, 11) is 0. The molecule has 1 saturated carbocycles. The Morgan fingerprint density at radius 3 is 2.30 bits per heavy atom. The Morgan fingerprint density at radius 2 is 1.67 bits per heavy atom. The highest BCUT2D eigenvalue weighted by Crippen LogP contribution is 2.26. The first-order chi connectivity index (χ1) is 15.9. The number of benzene rings is 2. The smallest absolute Gasteiger partial charge is 0.233 e. The standard InChI is InChI=1S/C28H38N2O2S/c1-20(2)19-23-9-11-24(12-10-23)21(3)27(31)30-28(33)29-25-13-15-26(16-14-25)32-18-17-22-7-5-4-6-8-22/h9-16,20-22H,4-8,17-19H2,1-3H3,(H2,29,30,31,33). The van der Waals surface area contributed by atoms with Crippen molar-refractivity contribution in [1.29, 1.82) is 0 Å². The average Bonchev–Trinajstić information content (AvgIpc) is 2.80. The first kappa shape index (κ1) is 25.2. The molecule has 0 bridgehead atoms. The summed E-state index contributed by atoms with van der Waals surface area (Å²) in [6.07, 6.45) is 8.98. The monoisotopic (exact) mass is 466 g/mol. The lowest BCUT2D eigenvalue weighted by Gasteiger charge is -2.21. The van der Waals surface area contributed by atoms with Crippen molar-refractivity contribution in [3.8, 4) is 5.75 Å². The van der Waals surface area contributed by atoms with E-state index in [1.807, 2.05) is 43.3 Å². The predicted molar refractivity (Wildman–Crippen MR) is 141 cm³/mol. The van der Waals surface area contributed by atoms with Crippen molar-refractivity contribution in [2.45, 2.75) is 71.6 Å². The Morgan fingerprint density at radius 1 is 1.00 bits per heavy atom. The van der Waals surface area contributed by atoms with Crippen molar-refractivity contribution in [3.05, 3.63) is 59.7 Å². The Hall–Kier alpha value is -2.40. The molecular formula is C28H38N2O2S. The van der Waals surface area contributed by atoms with Crippen LogP contribution in [0.15, 0.2) is 48.5 Å². The van der Waals surface area contributed by atoms with Crippen LogP contribution < -0.4 is 15.4 Å². The van der Waals surface area contributed by atoms with Crippen LogP contribution in [-0.4, -0.2) is 17.6 Å². The van der Waals surface area contributed by atoms with Gasteiger partial charge in [0, 0.05) is 5.69 Å². The summed E-state index contributed by atoms with van der Waals surface area (Å²) in [6.45, 7) is 7.07. The molecule has 1 amide bonds. The van der Waals surface area contributed by atoms with Crippen LogP contribution in [0.3, 0.4) is 0 Å². The maximum Gasteiger partial charge on any atom is 0.233 e. The number of hydrogen-bond acceptors (Lipinski definition) is 3. The van der Waals surface area contributed by atoms with Gasteiger partial charge in [0.15, 0.2) is 5.11 Å². The Labute approximate surface area is 204 Å². The highest BCUT2D eigenvalue weighted by Gasteiger charge is 2.17. The molecule has 2 aromatic rings. The summed E-state index contributed by atoms with van der Waals surface area (Å²) in [5.41, 5.74) is 3.10. The number of carbonyl (C=O) groups excluding carboxylic acids is 1. The Kier molecular flexibility index (Phi) is 9.74. The third-order valence-electron chi connectivity index (χ3n) is 6.39. The SMILES string of the molecule is CC(C)Cc1ccc(C(C)C(=O)NC(=S)Nc2ccc(OCCC3CCCCC3)cc2)cc1. The van der Waals surface area contributed by atoms with Gasteiger partial charge in [-0.05, 0) is 79.2 Å². The van der Waals surface area contributed by atoms with Crippen molar-refractivity contribution in [1.82, 2.24) is 5.32 Å². The molecule has 0 saturated heterocycles. The van der Waals surface area contributed by atoms with Crippen LogP contribution in [0.4, 0.5) is 5.69 Å². The molecule has 1 aliphatic carbocycles. The molecule has 0 aromatic heterocycles. The molecule has 0 aliphatic heterocycles. The topological polar surface area (TPSA) is 50.4 Å². The maximum absolute atomic E-state index is 12.7. The van der Waals surface area contributed by atoms with E-state index in [-0.39, 0.29) is 11.8 Å². The number of amides is 1. The molecule has 178 valence electrons. The summed E-state index contributed by atoms with van der Waals surface area (Å²) in [6, 6.07) is 16.0. The number of carbonyl (C=O) groups is 1. The van der Waals surface area contributed by atoms with Crippen LogP contribution in [0, 0.1) is 11.8 Å². The number of ether oxygens (including phenoxy) is 1. The zero-order chi connectivity index (χ0) is 23.6. The zero-order valence-corrected chi connectivity index (χ0v) is 21.0. The van der Waals surface area contributed by atoms with Gasteiger partial charge in [0.1, 0.15) is 5.75 Å². The average molecular weight is 467 g/mol. The van der Waals surface area contributed by atoms with Crippen LogP contribution in [0.2, 0.25) is 0 Å². The predicted octanol–water partition coefficient (Wildman–Crippen LogP) is 6.85. The molecule has 0 spiro atoms. The minimum atomic E-state index is -0.280. The van der Waals surface area contributed by atoms with Gasteiger partial charge < -0.3 is 15.4 Å². The second-order valence-corrected chi connectivity index (χ2v) is 10.1. The lowest BCUT2D eigenvalue weighted by Crippen LogP contribution is -2.36. The van der Waals surface area contributed by atoms with Gasteiger partial charge >= 0.3 is 0 Å². The van der Waals surface area contributed by atoms with E-state index in [0.29, 0.717) is 11.0 Å². The van der Waals surface area contributed by atoms with E-state index in [2.05, 4.69) is 36.6 Å². The molecule has 4 nitrogen and oxygen atoms in total. The third kappa shape index (κ3) is 8.47. The van der Waals surface area contributed by atoms with Gasteiger partial charge in [-0.3, -0.25) is 4.79 Å². The highest BCUT2D eigenvalue weighted by molar-refractivity contribution is 7.80. The zero-order valence-electron chi connectivity index (χ0n) is 20.2. The van der Waals surface area contributed by atoms with E-state index in [1.54, 1.807) is 0 Å². The van der Waals surface area contributed by atoms with Gasteiger partial charge in [0.05, 0.1) is 12.5 Å². The van der Waals surface area contributed by atoms with E-state index < -0.39 is 0 Å². The Balaban J connectivity index is 1.42. The van der Waals surface area contributed by atoms with Gasteiger partial charge in [-0.25, -0.2) is 0 Å². The molecule has 3 rings (SSSR count). The largest absolute Gasteiger partial charge is 0.494 e. The molecule has 5 heteroatoms. The van der Waals surface area contributed by atoms with Crippen molar-refractivity contribution in [2.75, 3.05) is 11.9 Å². The molecule has 1 fully saturated rings. The molecule has 33 heavy (non-hydrogen) atoms. The Bertz CT molecular complexity index is 887. The first-order valence-corrected chi connectivity index (χ1v) is 12.7. The number of hydrogen-bond donors (Lipinski definition) is 2. The minimum Gasteiger partial charge on any atom is -0.494 e. The fraction of sp³-hybridized carbons (Fsp3) is 0.500. The number of rotatable bonds is 9. The van der Waals surface area contributed by atoms with Gasteiger partial charge in [-0.2, -0.15) is 0 Å². The van der Waals surface area contributed by atoms with Gasteiger partial charge in [0.25, 0.3) is 0 Å². The summed E-state index contributed by atoms with van der Waals surface area (Å²) in [4.78, 5) is 12.7. The van der Waals surface area contributed by atoms with Crippen molar-refractivity contribution >= 4 is 28.9 Å². The number of thiocarbonyl (C=S) groups is 1. The van der Waals surface area contributed by atoms with Crippen LogP contribution in [0.1, 0.15) is 76.3 Å². The molecule has 1 unspecified atom stereocenters. The van der Waals surface area contributed by atoms with Crippen LogP contribution in [0.5, 0.6) is 5.75 Å². The summed E-state index contributed by atoms with van der Waals surface area (Å²) < 4.78 is 5.91. The minimum absolute atomic E-state index is 0.119. The molecule has 2 N–H and O–H groups in total. The third-order valence-corrected chi connectivity index (χ3v) is 6.59. The number of anilines is 1. The van der Waals surface area contributed by atoms with Crippen molar-refractivity contribution < 1.29 is 9.53 Å². The quantitative estimate of drug-likeness (QED) is 0.397. The molecule has 1 aliphatic rings. The second-order valence-electron chi connectivity index (χ2n) is 9.67. The highest BCUT2D eigenvalue weighted by atomic mass is 32.1. The number of nitrogens with one attached hydrogen (secondary N) is 2. The van der Waals surface area contributed by atoms with Gasteiger partial charge in [-0.15, -0.1) is 0 Å². The van der Waals surface area contributed by atoms with Crippen LogP contribution in [0.25, 0.3) is 0 Å². The second kappa shape index (κ2) is 12.7.